The highest BCUT2D eigenvalue weighted by atomic mass is 35.5. The van der Waals surface area contributed by atoms with Gasteiger partial charge in [-0.15, -0.1) is 0 Å². The van der Waals surface area contributed by atoms with Crippen LogP contribution in [0.15, 0.2) is 12.3 Å². The molecule has 0 spiro atoms. The number of aromatic nitrogens is 1. The maximum Gasteiger partial charge on any atom is 0.311 e. The van der Waals surface area contributed by atoms with Crippen molar-refractivity contribution in [3.63, 3.8) is 0 Å². The number of piperidine rings is 1. The van der Waals surface area contributed by atoms with Gasteiger partial charge in [0.1, 0.15) is 5.15 Å². The van der Waals surface area contributed by atoms with Crippen LogP contribution in [0.3, 0.4) is 0 Å². The van der Waals surface area contributed by atoms with E-state index in [2.05, 4.69) is 10.3 Å². The molecule has 2 heterocycles. The lowest BCUT2D eigenvalue weighted by atomic mass is 9.76. The van der Waals surface area contributed by atoms with Crippen molar-refractivity contribution in [2.75, 3.05) is 13.1 Å². The van der Waals surface area contributed by atoms with Crippen LogP contribution in [0.1, 0.15) is 18.4 Å². The molecule has 0 aromatic carbocycles. The maximum absolute atomic E-state index is 11.5. The summed E-state index contributed by atoms with van der Waals surface area (Å²) in [4.78, 5) is 15.5. The Kier molecular flexibility index (Phi) is 4.10. The second kappa shape index (κ2) is 5.43. The third-order valence-electron chi connectivity index (χ3n) is 3.35. The zero-order chi connectivity index (χ0) is 13.2. The summed E-state index contributed by atoms with van der Waals surface area (Å²) in [6, 6.07) is 1.55. The molecule has 2 rings (SSSR count). The monoisotopic (exact) mass is 288 g/mol. The molecule has 1 aromatic rings. The van der Waals surface area contributed by atoms with Crippen molar-refractivity contribution in [3.05, 3.63) is 28.0 Å². The Morgan fingerprint density at radius 2 is 2.33 bits per heavy atom. The molecule has 1 aliphatic heterocycles. The van der Waals surface area contributed by atoms with Crippen molar-refractivity contribution in [1.29, 1.82) is 0 Å². The summed E-state index contributed by atoms with van der Waals surface area (Å²) in [6.07, 6.45) is 3.43. The van der Waals surface area contributed by atoms with E-state index in [1.807, 2.05) is 0 Å². The van der Waals surface area contributed by atoms with E-state index in [1.165, 1.54) is 0 Å². The van der Waals surface area contributed by atoms with Crippen LogP contribution < -0.4 is 5.32 Å². The first-order valence-corrected chi connectivity index (χ1v) is 6.53. The summed E-state index contributed by atoms with van der Waals surface area (Å²) < 4.78 is 0. The average Bonchev–Trinajstić information content (AvgIpc) is 2.34. The molecule has 1 fully saturated rings. The van der Waals surface area contributed by atoms with E-state index in [0.717, 1.165) is 18.5 Å². The van der Waals surface area contributed by atoms with Gasteiger partial charge in [-0.2, -0.15) is 0 Å². The zero-order valence-electron chi connectivity index (χ0n) is 9.75. The fraction of sp³-hybridized carbons (Fsp3) is 0.500. The molecule has 0 bridgehead atoms. The molecular formula is C12H14Cl2N2O2. The van der Waals surface area contributed by atoms with Gasteiger partial charge in [-0.25, -0.2) is 4.98 Å². The van der Waals surface area contributed by atoms with Gasteiger partial charge in [0, 0.05) is 17.8 Å². The maximum atomic E-state index is 11.5. The zero-order valence-corrected chi connectivity index (χ0v) is 11.3. The molecule has 18 heavy (non-hydrogen) atoms. The highest BCUT2D eigenvalue weighted by Crippen LogP contribution is 2.33. The van der Waals surface area contributed by atoms with E-state index in [0.29, 0.717) is 29.6 Å². The number of carboxylic acid groups (broad SMARTS) is 1. The van der Waals surface area contributed by atoms with Gasteiger partial charge in [0.25, 0.3) is 0 Å². The first kappa shape index (κ1) is 13.6. The molecule has 0 radical (unpaired) electrons. The number of nitrogens with one attached hydrogen (secondary N) is 1. The van der Waals surface area contributed by atoms with Crippen molar-refractivity contribution in [2.24, 2.45) is 5.41 Å². The second-order valence-electron chi connectivity index (χ2n) is 4.64. The smallest absolute Gasteiger partial charge is 0.311 e. The fourth-order valence-corrected chi connectivity index (χ4v) is 2.74. The minimum Gasteiger partial charge on any atom is -0.481 e. The van der Waals surface area contributed by atoms with E-state index in [-0.39, 0.29) is 0 Å². The van der Waals surface area contributed by atoms with Gasteiger partial charge < -0.3 is 10.4 Å². The van der Waals surface area contributed by atoms with E-state index >= 15 is 0 Å². The molecule has 0 amide bonds. The SMILES string of the molecule is O=C(O)C1(Cc2cnc(Cl)cc2Cl)CCCNC1. The molecule has 1 unspecified atom stereocenters. The highest BCUT2D eigenvalue weighted by molar-refractivity contribution is 6.34. The Balaban J connectivity index is 2.26. The van der Waals surface area contributed by atoms with Gasteiger partial charge in [0.15, 0.2) is 0 Å². The minimum atomic E-state index is -0.794. The largest absolute Gasteiger partial charge is 0.481 e. The Hall–Kier alpha value is -0.840. The summed E-state index contributed by atoms with van der Waals surface area (Å²) in [6.45, 7) is 1.32. The lowest BCUT2D eigenvalue weighted by Crippen LogP contribution is -2.47. The number of hydrogen-bond donors (Lipinski definition) is 2. The number of rotatable bonds is 3. The molecule has 1 saturated heterocycles. The lowest BCUT2D eigenvalue weighted by molar-refractivity contribution is -0.150. The molecule has 1 atom stereocenters. The first-order valence-electron chi connectivity index (χ1n) is 5.77. The Morgan fingerprint density at radius 3 is 2.89 bits per heavy atom. The Bertz CT molecular complexity index is 459. The normalized spacial score (nSPS) is 23.9. The van der Waals surface area contributed by atoms with E-state index in [4.69, 9.17) is 23.2 Å². The predicted molar refractivity (Wildman–Crippen MR) is 70.1 cm³/mol. The van der Waals surface area contributed by atoms with E-state index < -0.39 is 11.4 Å². The van der Waals surface area contributed by atoms with Crippen molar-refractivity contribution in [3.8, 4) is 0 Å². The highest BCUT2D eigenvalue weighted by Gasteiger charge is 2.40. The Labute approximate surface area is 115 Å². The fourth-order valence-electron chi connectivity index (χ4n) is 2.31. The van der Waals surface area contributed by atoms with Gasteiger partial charge in [0.05, 0.1) is 5.41 Å². The molecule has 1 aliphatic rings. The molecule has 0 saturated carbocycles. The average molecular weight is 289 g/mol. The summed E-state index contributed by atoms with van der Waals surface area (Å²) in [5.74, 6) is -0.791. The summed E-state index contributed by atoms with van der Waals surface area (Å²) in [5, 5.41) is 13.4. The summed E-state index contributed by atoms with van der Waals surface area (Å²) >= 11 is 11.8. The van der Waals surface area contributed by atoms with Crippen LogP contribution in [0, 0.1) is 5.41 Å². The van der Waals surface area contributed by atoms with Crippen LogP contribution in [0.5, 0.6) is 0 Å². The van der Waals surface area contributed by atoms with Crippen molar-refractivity contribution >= 4 is 29.2 Å². The third kappa shape index (κ3) is 2.76. The van der Waals surface area contributed by atoms with Gasteiger partial charge >= 0.3 is 5.97 Å². The number of carbonyl (C=O) groups is 1. The predicted octanol–water partition coefficient (Wildman–Crippen LogP) is 2.39. The van der Waals surface area contributed by atoms with E-state index in [1.54, 1.807) is 12.3 Å². The van der Waals surface area contributed by atoms with Gasteiger partial charge in [-0.05, 0) is 37.4 Å². The van der Waals surface area contributed by atoms with Gasteiger partial charge in [-0.3, -0.25) is 4.79 Å². The van der Waals surface area contributed by atoms with Crippen LogP contribution in [0.2, 0.25) is 10.2 Å². The van der Waals surface area contributed by atoms with Crippen LogP contribution in [0.25, 0.3) is 0 Å². The van der Waals surface area contributed by atoms with Crippen LogP contribution in [-0.4, -0.2) is 29.1 Å². The summed E-state index contributed by atoms with van der Waals surface area (Å²) in [7, 11) is 0. The third-order valence-corrected chi connectivity index (χ3v) is 3.91. The van der Waals surface area contributed by atoms with Crippen LogP contribution >= 0.6 is 23.2 Å². The van der Waals surface area contributed by atoms with Crippen molar-refractivity contribution < 1.29 is 9.90 Å². The molecule has 0 aliphatic carbocycles. The van der Waals surface area contributed by atoms with Crippen LogP contribution in [-0.2, 0) is 11.2 Å². The molecular weight excluding hydrogens is 275 g/mol. The van der Waals surface area contributed by atoms with E-state index in [9.17, 15) is 9.90 Å². The second-order valence-corrected chi connectivity index (χ2v) is 5.44. The first-order chi connectivity index (χ1) is 8.53. The van der Waals surface area contributed by atoms with Crippen molar-refractivity contribution in [2.45, 2.75) is 19.3 Å². The molecule has 98 valence electrons. The molecule has 6 heteroatoms. The summed E-state index contributed by atoms with van der Waals surface area (Å²) in [5.41, 5.74) is -0.0654. The number of halogens is 2. The number of aliphatic carboxylic acids is 1. The molecule has 4 nitrogen and oxygen atoms in total. The Morgan fingerprint density at radius 1 is 1.56 bits per heavy atom. The standard InChI is InChI=1S/C12H14Cl2N2O2/c13-9-4-10(14)16-6-8(9)5-12(11(17)18)2-1-3-15-7-12/h4,6,15H,1-3,5,7H2,(H,17,18). The molecule has 1 aromatic heterocycles. The number of pyridine rings is 1. The number of hydrogen-bond acceptors (Lipinski definition) is 3. The quantitative estimate of drug-likeness (QED) is 0.839. The topological polar surface area (TPSA) is 62.2 Å². The van der Waals surface area contributed by atoms with Gasteiger partial charge in [0.2, 0.25) is 0 Å². The number of nitrogens with zero attached hydrogens (tertiary/aromatic N) is 1. The van der Waals surface area contributed by atoms with Crippen molar-refractivity contribution in [1.82, 2.24) is 10.3 Å². The minimum absolute atomic E-state index is 0.315. The van der Waals surface area contributed by atoms with Gasteiger partial charge in [-0.1, -0.05) is 23.2 Å². The van der Waals surface area contributed by atoms with Crippen LogP contribution in [0.4, 0.5) is 0 Å². The molecule has 2 N–H and O–H groups in total. The lowest BCUT2D eigenvalue weighted by Gasteiger charge is -2.33. The number of carboxylic acids is 1.